The highest BCUT2D eigenvalue weighted by Gasteiger charge is 2.18. The van der Waals surface area contributed by atoms with Gasteiger partial charge in [0.15, 0.2) is 0 Å². The normalized spacial score (nSPS) is 18.3. The second-order valence-corrected chi connectivity index (χ2v) is 6.91. The van der Waals surface area contributed by atoms with E-state index in [0.717, 1.165) is 32.5 Å². The van der Waals surface area contributed by atoms with Gasteiger partial charge in [-0.25, -0.2) is 9.18 Å². The topological polar surface area (TPSA) is 62.4 Å². The summed E-state index contributed by atoms with van der Waals surface area (Å²) in [5.41, 5.74) is 0.511. The number of carbonyl (C=O) groups is 1. The highest BCUT2D eigenvalue weighted by molar-refractivity contribution is 5.89. The number of anilines is 2. The molecule has 1 amide bonds. The van der Waals surface area contributed by atoms with Crippen molar-refractivity contribution in [3.05, 3.63) is 24.0 Å². The highest BCUT2D eigenvalue weighted by atomic mass is 19.1. The molecule has 0 spiro atoms. The van der Waals surface area contributed by atoms with Gasteiger partial charge in [0.05, 0.1) is 11.4 Å². The third-order valence-corrected chi connectivity index (χ3v) is 3.60. The van der Waals surface area contributed by atoms with Crippen LogP contribution in [0.15, 0.2) is 18.2 Å². The average molecular weight is 323 g/mol. The summed E-state index contributed by atoms with van der Waals surface area (Å²) >= 11 is 0. The molecule has 128 valence electrons. The van der Waals surface area contributed by atoms with Crippen LogP contribution in [0.4, 0.5) is 20.6 Å². The quantitative estimate of drug-likeness (QED) is 0.792. The lowest BCUT2D eigenvalue weighted by atomic mass is 9.99. The minimum Gasteiger partial charge on any atom is -0.444 e. The molecule has 0 saturated carbocycles. The van der Waals surface area contributed by atoms with E-state index in [-0.39, 0.29) is 5.82 Å². The first-order valence-corrected chi connectivity index (χ1v) is 8.07. The van der Waals surface area contributed by atoms with Crippen LogP contribution >= 0.6 is 0 Å². The zero-order chi connectivity index (χ0) is 16.9. The Morgan fingerprint density at radius 1 is 1.39 bits per heavy atom. The second-order valence-electron chi connectivity index (χ2n) is 6.91. The molecule has 23 heavy (non-hydrogen) atoms. The molecule has 1 heterocycles. The van der Waals surface area contributed by atoms with Gasteiger partial charge in [-0.05, 0) is 70.8 Å². The van der Waals surface area contributed by atoms with Crippen molar-refractivity contribution in [3.63, 3.8) is 0 Å². The number of amides is 1. The fourth-order valence-electron chi connectivity index (χ4n) is 2.54. The lowest BCUT2D eigenvalue weighted by Crippen LogP contribution is -2.33. The molecule has 5 nitrogen and oxygen atoms in total. The Balaban J connectivity index is 2.00. The van der Waals surface area contributed by atoms with Crippen LogP contribution in [0, 0.1) is 11.7 Å². The third kappa shape index (κ3) is 6.06. The Hall–Kier alpha value is -1.82. The van der Waals surface area contributed by atoms with Gasteiger partial charge in [-0.15, -0.1) is 0 Å². The smallest absolute Gasteiger partial charge is 0.412 e. The summed E-state index contributed by atoms with van der Waals surface area (Å²) in [5.74, 6) is 0.158. The van der Waals surface area contributed by atoms with Crippen LogP contribution in [0.2, 0.25) is 0 Å². The molecular weight excluding hydrogens is 297 g/mol. The molecule has 1 aliphatic heterocycles. The molecule has 0 aliphatic carbocycles. The fraction of sp³-hybridized carbons (Fsp3) is 0.588. The van der Waals surface area contributed by atoms with Crippen molar-refractivity contribution in [1.29, 1.82) is 0 Å². The van der Waals surface area contributed by atoms with Gasteiger partial charge in [0, 0.05) is 6.54 Å². The van der Waals surface area contributed by atoms with Gasteiger partial charge in [0.1, 0.15) is 11.4 Å². The summed E-state index contributed by atoms with van der Waals surface area (Å²) in [6.07, 6.45) is 1.74. The number of rotatable bonds is 4. The summed E-state index contributed by atoms with van der Waals surface area (Å²) in [6, 6.07) is 4.25. The molecule has 0 bridgehead atoms. The van der Waals surface area contributed by atoms with Crippen molar-refractivity contribution >= 4 is 17.5 Å². The minimum absolute atomic E-state index is 0.344. The summed E-state index contributed by atoms with van der Waals surface area (Å²) in [7, 11) is 0. The highest BCUT2D eigenvalue weighted by Crippen LogP contribution is 2.24. The van der Waals surface area contributed by atoms with Crippen LogP contribution in [0.5, 0.6) is 0 Å². The van der Waals surface area contributed by atoms with E-state index in [2.05, 4.69) is 16.0 Å². The minimum atomic E-state index is -0.578. The van der Waals surface area contributed by atoms with Gasteiger partial charge in [-0.1, -0.05) is 0 Å². The largest absolute Gasteiger partial charge is 0.444 e. The molecule has 1 unspecified atom stereocenters. The molecule has 1 saturated heterocycles. The average Bonchev–Trinajstić information content (AvgIpc) is 2.46. The van der Waals surface area contributed by atoms with Crippen molar-refractivity contribution in [1.82, 2.24) is 5.32 Å². The van der Waals surface area contributed by atoms with E-state index in [0.29, 0.717) is 17.3 Å². The van der Waals surface area contributed by atoms with Crippen LogP contribution in [0.25, 0.3) is 0 Å². The van der Waals surface area contributed by atoms with E-state index >= 15 is 0 Å². The maximum Gasteiger partial charge on any atom is 0.412 e. The Labute approximate surface area is 137 Å². The molecule has 1 atom stereocenters. The lowest BCUT2D eigenvalue weighted by Gasteiger charge is -2.24. The number of halogens is 1. The van der Waals surface area contributed by atoms with Crippen molar-refractivity contribution in [2.24, 2.45) is 5.92 Å². The fourth-order valence-corrected chi connectivity index (χ4v) is 2.54. The summed E-state index contributed by atoms with van der Waals surface area (Å²) in [4.78, 5) is 11.9. The van der Waals surface area contributed by atoms with Gasteiger partial charge in [0.2, 0.25) is 0 Å². The number of hydrogen-bond donors (Lipinski definition) is 3. The third-order valence-electron chi connectivity index (χ3n) is 3.60. The van der Waals surface area contributed by atoms with E-state index < -0.39 is 11.7 Å². The monoisotopic (exact) mass is 323 g/mol. The Bertz CT molecular complexity index is 537. The molecule has 1 aliphatic rings. The predicted molar refractivity (Wildman–Crippen MR) is 90.3 cm³/mol. The number of hydrogen-bond acceptors (Lipinski definition) is 4. The molecule has 0 aromatic heterocycles. The Morgan fingerprint density at radius 2 is 2.17 bits per heavy atom. The molecule has 1 aromatic rings. The van der Waals surface area contributed by atoms with E-state index in [1.165, 1.54) is 12.1 Å². The molecular formula is C17H26FN3O2. The number of piperidine rings is 1. The van der Waals surface area contributed by atoms with E-state index in [4.69, 9.17) is 4.74 Å². The van der Waals surface area contributed by atoms with Crippen LogP contribution in [0.3, 0.4) is 0 Å². The van der Waals surface area contributed by atoms with Gasteiger partial charge in [0.25, 0.3) is 0 Å². The Morgan fingerprint density at radius 3 is 2.83 bits per heavy atom. The number of carbonyl (C=O) groups excluding carboxylic acids is 1. The number of nitrogens with one attached hydrogen (secondary N) is 3. The standard InChI is InChI=1S/C17H26FN3O2/c1-17(2,3)23-16(22)21-14-7-6-13(18)9-15(14)20-11-12-5-4-8-19-10-12/h6-7,9,12,19-20H,4-5,8,10-11H2,1-3H3,(H,21,22). The maximum atomic E-state index is 13.5. The van der Waals surface area contributed by atoms with Crippen LogP contribution < -0.4 is 16.0 Å². The molecule has 1 fully saturated rings. The van der Waals surface area contributed by atoms with Gasteiger partial charge in [-0.3, -0.25) is 5.32 Å². The molecule has 1 aromatic carbocycles. The van der Waals surface area contributed by atoms with E-state index in [1.807, 2.05) is 0 Å². The number of ether oxygens (including phenoxy) is 1. The first-order valence-electron chi connectivity index (χ1n) is 8.07. The van der Waals surface area contributed by atoms with Gasteiger partial charge in [-0.2, -0.15) is 0 Å². The van der Waals surface area contributed by atoms with Crippen molar-refractivity contribution in [3.8, 4) is 0 Å². The van der Waals surface area contributed by atoms with Gasteiger partial charge >= 0.3 is 6.09 Å². The maximum absolute atomic E-state index is 13.5. The summed E-state index contributed by atoms with van der Waals surface area (Å²) in [5, 5.41) is 9.27. The van der Waals surface area contributed by atoms with Gasteiger partial charge < -0.3 is 15.4 Å². The molecule has 6 heteroatoms. The zero-order valence-electron chi connectivity index (χ0n) is 14.0. The van der Waals surface area contributed by atoms with Crippen molar-refractivity contribution in [2.75, 3.05) is 30.3 Å². The molecule has 0 radical (unpaired) electrons. The van der Waals surface area contributed by atoms with E-state index in [9.17, 15) is 9.18 Å². The molecule has 3 N–H and O–H groups in total. The molecule has 2 rings (SSSR count). The number of benzene rings is 1. The Kier molecular flexibility index (Phi) is 5.82. The van der Waals surface area contributed by atoms with Crippen LogP contribution in [-0.4, -0.2) is 31.3 Å². The summed E-state index contributed by atoms with van der Waals surface area (Å²) < 4.78 is 18.8. The SMILES string of the molecule is CC(C)(C)OC(=O)Nc1ccc(F)cc1NCC1CCCNC1. The zero-order valence-corrected chi connectivity index (χ0v) is 14.0. The first kappa shape index (κ1) is 17.5. The van der Waals surface area contributed by atoms with Crippen LogP contribution in [-0.2, 0) is 4.74 Å². The first-order chi connectivity index (χ1) is 10.8. The lowest BCUT2D eigenvalue weighted by molar-refractivity contribution is 0.0636. The summed E-state index contributed by atoms with van der Waals surface area (Å²) in [6.45, 7) is 8.14. The van der Waals surface area contributed by atoms with Crippen molar-refractivity contribution < 1.29 is 13.9 Å². The second kappa shape index (κ2) is 7.64. The van der Waals surface area contributed by atoms with E-state index in [1.54, 1.807) is 26.8 Å². The predicted octanol–water partition coefficient (Wildman–Crippen LogP) is 3.58. The van der Waals surface area contributed by atoms with Crippen molar-refractivity contribution in [2.45, 2.75) is 39.2 Å². The van der Waals surface area contributed by atoms with Crippen LogP contribution in [0.1, 0.15) is 33.6 Å².